The van der Waals surface area contributed by atoms with Gasteiger partial charge in [-0.3, -0.25) is 0 Å². The van der Waals surface area contributed by atoms with Gasteiger partial charge in [0.25, 0.3) is 0 Å². The molecular formula is C15H24O. The summed E-state index contributed by atoms with van der Waals surface area (Å²) in [4.78, 5) is 0. The molecule has 1 nitrogen and oxygen atoms in total. The van der Waals surface area contributed by atoms with Crippen LogP contribution in [-0.4, -0.2) is 10.7 Å². The smallest absolute Gasteiger partial charge is 0.0660 e. The third-order valence-corrected chi connectivity index (χ3v) is 2.84. The Morgan fingerprint density at radius 2 is 1.50 bits per heavy atom. The fraction of sp³-hybridized carbons (Fsp3) is 0.600. The van der Waals surface area contributed by atoms with Gasteiger partial charge in [0.2, 0.25) is 0 Å². The molecule has 0 aliphatic carbocycles. The maximum Gasteiger partial charge on any atom is 0.0660 e. The van der Waals surface area contributed by atoms with E-state index in [0.717, 1.165) is 19.3 Å². The molecule has 1 atom stereocenters. The van der Waals surface area contributed by atoms with Crippen molar-refractivity contribution in [3.8, 4) is 0 Å². The molecule has 0 amide bonds. The van der Waals surface area contributed by atoms with E-state index in [1.807, 2.05) is 25.1 Å². The molecule has 0 spiro atoms. The summed E-state index contributed by atoms with van der Waals surface area (Å²) in [6.07, 6.45) is 2.64. The second-order valence-electron chi connectivity index (χ2n) is 6.22. The molecular weight excluding hydrogens is 196 g/mol. The first-order valence-electron chi connectivity index (χ1n) is 6.05. The Balaban J connectivity index is 2.52. The lowest BCUT2D eigenvalue weighted by Crippen LogP contribution is -2.28. The second-order valence-corrected chi connectivity index (χ2v) is 6.22. The zero-order valence-electron chi connectivity index (χ0n) is 11.0. The van der Waals surface area contributed by atoms with E-state index in [2.05, 4.69) is 32.9 Å². The van der Waals surface area contributed by atoms with Gasteiger partial charge in [-0.05, 0) is 30.7 Å². The molecule has 0 aliphatic heterocycles. The molecule has 1 rings (SSSR count). The lowest BCUT2D eigenvalue weighted by Gasteiger charge is -2.28. The van der Waals surface area contributed by atoms with E-state index in [9.17, 15) is 5.11 Å². The maximum absolute atomic E-state index is 10.3. The van der Waals surface area contributed by atoms with E-state index >= 15 is 0 Å². The van der Waals surface area contributed by atoms with Crippen LogP contribution in [0.25, 0.3) is 0 Å². The van der Waals surface area contributed by atoms with Gasteiger partial charge in [-0.25, -0.2) is 0 Å². The topological polar surface area (TPSA) is 20.2 Å². The standard InChI is InChI=1S/C15H24O/c1-14(2,3)10-11-15(4,16)12-13-8-6-5-7-9-13/h5-9,16H,10-12H2,1-4H3. The molecule has 1 aromatic carbocycles. The van der Waals surface area contributed by atoms with Crippen LogP contribution in [0.2, 0.25) is 0 Å². The number of benzene rings is 1. The van der Waals surface area contributed by atoms with Crippen LogP contribution in [-0.2, 0) is 6.42 Å². The summed E-state index contributed by atoms with van der Waals surface area (Å²) in [6.45, 7) is 8.58. The highest BCUT2D eigenvalue weighted by Crippen LogP contribution is 2.27. The third kappa shape index (κ3) is 5.32. The molecule has 0 heterocycles. The molecule has 1 N–H and O–H groups in total. The van der Waals surface area contributed by atoms with Gasteiger partial charge in [-0.15, -0.1) is 0 Å². The predicted molar refractivity (Wildman–Crippen MR) is 69.5 cm³/mol. The summed E-state index contributed by atoms with van der Waals surface area (Å²) in [6, 6.07) is 10.2. The highest BCUT2D eigenvalue weighted by Gasteiger charge is 2.23. The summed E-state index contributed by atoms with van der Waals surface area (Å²) in [5.41, 5.74) is 0.913. The highest BCUT2D eigenvalue weighted by molar-refractivity contribution is 5.16. The molecule has 0 saturated heterocycles. The van der Waals surface area contributed by atoms with Gasteiger partial charge in [0.1, 0.15) is 0 Å². The lowest BCUT2D eigenvalue weighted by atomic mass is 9.83. The van der Waals surface area contributed by atoms with Crippen molar-refractivity contribution in [1.29, 1.82) is 0 Å². The van der Waals surface area contributed by atoms with Crippen LogP contribution in [0.3, 0.4) is 0 Å². The van der Waals surface area contributed by atoms with Gasteiger partial charge in [-0.2, -0.15) is 0 Å². The minimum absolute atomic E-state index is 0.292. The Bertz CT molecular complexity index is 306. The minimum Gasteiger partial charge on any atom is -0.390 e. The van der Waals surface area contributed by atoms with Crippen molar-refractivity contribution < 1.29 is 5.11 Å². The van der Waals surface area contributed by atoms with Crippen molar-refractivity contribution in [2.75, 3.05) is 0 Å². The first-order chi connectivity index (χ1) is 7.29. The van der Waals surface area contributed by atoms with Crippen molar-refractivity contribution in [3.63, 3.8) is 0 Å². The van der Waals surface area contributed by atoms with E-state index in [4.69, 9.17) is 0 Å². The number of hydrogen-bond acceptors (Lipinski definition) is 1. The van der Waals surface area contributed by atoms with Gasteiger partial charge in [0.05, 0.1) is 5.60 Å². The van der Waals surface area contributed by atoms with Crippen LogP contribution >= 0.6 is 0 Å². The summed E-state index contributed by atoms with van der Waals surface area (Å²) < 4.78 is 0. The van der Waals surface area contributed by atoms with Crippen LogP contribution in [0.4, 0.5) is 0 Å². The van der Waals surface area contributed by atoms with Crippen LogP contribution in [0.15, 0.2) is 30.3 Å². The zero-order valence-corrected chi connectivity index (χ0v) is 11.0. The average molecular weight is 220 g/mol. The van der Waals surface area contributed by atoms with Crippen molar-refractivity contribution in [2.45, 2.75) is 52.6 Å². The van der Waals surface area contributed by atoms with Gasteiger partial charge in [0, 0.05) is 6.42 Å². The second kappa shape index (κ2) is 5.01. The van der Waals surface area contributed by atoms with E-state index in [1.165, 1.54) is 5.56 Å². The monoisotopic (exact) mass is 220 g/mol. The van der Waals surface area contributed by atoms with Gasteiger partial charge in [-0.1, -0.05) is 51.1 Å². The summed E-state index contributed by atoms with van der Waals surface area (Å²) in [7, 11) is 0. The fourth-order valence-corrected chi connectivity index (χ4v) is 1.77. The van der Waals surface area contributed by atoms with Gasteiger partial charge in [0.15, 0.2) is 0 Å². The van der Waals surface area contributed by atoms with E-state index in [0.29, 0.717) is 5.41 Å². The normalized spacial score (nSPS) is 15.8. The van der Waals surface area contributed by atoms with Crippen LogP contribution < -0.4 is 0 Å². The molecule has 1 aromatic rings. The minimum atomic E-state index is -0.589. The highest BCUT2D eigenvalue weighted by atomic mass is 16.3. The summed E-state index contributed by atoms with van der Waals surface area (Å²) in [5, 5.41) is 10.3. The van der Waals surface area contributed by atoms with Crippen LogP contribution in [0, 0.1) is 5.41 Å². The molecule has 0 fully saturated rings. The molecule has 90 valence electrons. The van der Waals surface area contributed by atoms with Crippen molar-refractivity contribution in [1.82, 2.24) is 0 Å². The SMILES string of the molecule is CC(C)(C)CCC(C)(O)Cc1ccccc1. The van der Waals surface area contributed by atoms with Crippen molar-refractivity contribution >= 4 is 0 Å². The molecule has 0 aliphatic rings. The van der Waals surface area contributed by atoms with E-state index < -0.39 is 5.60 Å². The number of hydrogen-bond donors (Lipinski definition) is 1. The molecule has 0 radical (unpaired) electrons. The number of aliphatic hydroxyl groups is 1. The Morgan fingerprint density at radius 3 is 2.00 bits per heavy atom. The summed E-state index contributed by atoms with van der Waals surface area (Å²) in [5.74, 6) is 0. The molecule has 1 unspecified atom stereocenters. The predicted octanol–water partition coefficient (Wildman–Crippen LogP) is 3.81. The van der Waals surface area contributed by atoms with Gasteiger partial charge >= 0.3 is 0 Å². The Kier molecular flexibility index (Phi) is 4.15. The Morgan fingerprint density at radius 1 is 0.938 bits per heavy atom. The summed E-state index contributed by atoms with van der Waals surface area (Å²) >= 11 is 0. The lowest BCUT2D eigenvalue weighted by molar-refractivity contribution is 0.0396. The van der Waals surface area contributed by atoms with Gasteiger partial charge < -0.3 is 5.11 Å². The molecule has 0 saturated carbocycles. The largest absolute Gasteiger partial charge is 0.390 e. The quantitative estimate of drug-likeness (QED) is 0.818. The Labute approximate surface area is 99.5 Å². The molecule has 1 heteroatoms. The first-order valence-corrected chi connectivity index (χ1v) is 6.05. The van der Waals surface area contributed by atoms with Crippen molar-refractivity contribution in [3.05, 3.63) is 35.9 Å². The van der Waals surface area contributed by atoms with E-state index in [1.54, 1.807) is 0 Å². The molecule has 0 aromatic heterocycles. The zero-order chi connectivity index (χ0) is 12.2. The molecule has 0 bridgehead atoms. The molecule has 16 heavy (non-hydrogen) atoms. The Hall–Kier alpha value is -0.820. The van der Waals surface area contributed by atoms with Crippen molar-refractivity contribution in [2.24, 2.45) is 5.41 Å². The van der Waals surface area contributed by atoms with E-state index in [-0.39, 0.29) is 0 Å². The first kappa shape index (κ1) is 13.2. The van der Waals surface area contributed by atoms with Crippen LogP contribution in [0.1, 0.15) is 46.1 Å². The van der Waals surface area contributed by atoms with Crippen LogP contribution in [0.5, 0.6) is 0 Å². The average Bonchev–Trinajstić information content (AvgIpc) is 2.15. The third-order valence-electron chi connectivity index (χ3n) is 2.84. The maximum atomic E-state index is 10.3. The fourth-order valence-electron chi connectivity index (χ4n) is 1.77. The number of rotatable bonds is 4.